The molecule has 1 fully saturated rings. The SMILES string of the molecule is O=C(c1ccc(CBr)cc1)N1CN(C(=O)c2ccc(CBr)cc2)CN(C(=O)c2ccc(CBr)cc2)C1. The van der Waals surface area contributed by atoms with Gasteiger partial charge in [0.2, 0.25) is 0 Å². The lowest BCUT2D eigenvalue weighted by Gasteiger charge is -2.42. The molecule has 36 heavy (non-hydrogen) atoms. The number of hydrogen-bond donors (Lipinski definition) is 0. The molecule has 6 nitrogen and oxygen atoms in total. The van der Waals surface area contributed by atoms with Gasteiger partial charge < -0.3 is 14.7 Å². The predicted octanol–water partition coefficient (Wildman–Crippen LogP) is 5.98. The monoisotopic (exact) mass is 675 g/mol. The summed E-state index contributed by atoms with van der Waals surface area (Å²) in [6.07, 6.45) is 0. The first-order valence-corrected chi connectivity index (χ1v) is 14.6. The third-order valence-corrected chi connectivity index (χ3v) is 7.89. The van der Waals surface area contributed by atoms with Gasteiger partial charge in [-0.05, 0) is 53.1 Å². The smallest absolute Gasteiger partial charge is 0.256 e. The van der Waals surface area contributed by atoms with Crippen molar-refractivity contribution in [1.82, 2.24) is 14.7 Å². The lowest BCUT2D eigenvalue weighted by atomic mass is 10.1. The van der Waals surface area contributed by atoms with Crippen LogP contribution in [-0.2, 0) is 16.0 Å². The molecule has 3 aromatic rings. The summed E-state index contributed by atoms with van der Waals surface area (Å²) in [5.74, 6) is -0.720. The van der Waals surface area contributed by atoms with Gasteiger partial charge in [0, 0.05) is 32.7 Å². The summed E-state index contributed by atoms with van der Waals surface area (Å²) in [5, 5.41) is 2.08. The fraction of sp³-hybridized carbons (Fsp3) is 0.222. The molecule has 0 N–H and O–H groups in total. The van der Waals surface area contributed by atoms with Crippen LogP contribution >= 0.6 is 47.8 Å². The summed E-state index contributed by atoms with van der Waals surface area (Å²) in [6.45, 7) is 0.263. The van der Waals surface area contributed by atoms with E-state index in [-0.39, 0.29) is 37.7 Å². The first-order chi connectivity index (χ1) is 17.4. The van der Waals surface area contributed by atoms with Crippen LogP contribution in [0.25, 0.3) is 0 Å². The number of hydrogen-bond acceptors (Lipinski definition) is 3. The number of carbonyl (C=O) groups excluding carboxylic acids is 3. The highest BCUT2D eigenvalue weighted by Gasteiger charge is 2.33. The maximum absolute atomic E-state index is 13.4. The second kappa shape index (κ2) is 12.2. The summed E-state index contributed by atoms with van der Waals surface area (Å²) < 4.78 is 0. The highest BCUT2D eigenvalue weighted by atomic mass is 79.9. The molecule has 0 bridgehead atoms. The molecule has 9 heteroatoms. The third-order valence-electron chi connectivity index (χ3n) is 5.95. The zero-order chi connectivity index (χ0) is 25.7. The third kappa shape index (κ3) is 6.07. The Kier molecular flexibility index (Phi) is 8.98. The summed E-state index contributed by atoms with van der Waals surface area (Å²) in [5.41, 5.74) is 4.67. The first-order valence-electron chi connectivity index (χ1n) is 11.3. The zero-order valence-corrected chi connectivity index (χ0v) is 24.1. The van der Waals surface area contributed by atoms with E-state index in [0.29, 0.717) is 32.7 Å². The van der Waals surface area contributed by atoms with Crippen molar-refractivity contribution in [3.05, 3.63) is 106 Å². The van der Waals surface area contributed by atoms with E-state index in [4.69, 9.17) is 0 Å². The Morgan fingerprint density at radius 2 is 0.694 bits per heavy atom. The van der Waals surface area contributed by atoms with Crippen LogP contribution in [0.3, 0.4) is 0 Å². The Hall–Kier alpha value is -2.49. The van der Waals surface area contributed by atoms with Crippen LogP contribution in [0.15, 0.2) is 72.8 Å². The Morgan fingerprint density at radius 3 is 0.889 bits per heavy atom. The van der Waals surface area contributed by atoms with Crippen molar-refractivity contribution in [2.24, 2.45) is 0 Å². The fourth-order valence-electron chi connectivity index (χ4n) is 3.89. The average molecular weight is 678 g/mol. The summed E-state index contributed by atoms with van der Waals surface area (Å²) in [6, 6.07) is 21.9. The van der Waals surface area contributed by atoms with Gasteiger partial charge in [-0.3, -0.25) is 14.4 Å². The van der Waals surface area contributed by atoms with Gasteiger partial charge in [-0.2, -0.15) is 0 Å². The molecule has 3 aromatic carbocycles. The lowest BCUT2D eigenvalue weighted by Crippen LogP contribution is -2.59. The Balaban J connectivity index is 1.61. The summed E-state index contributed by atoms with van der Waals surface area (Å²) >= 11 is 10.3. The topological polar surface area (TPSA) is 60.9 Å². The second-order valence-electron chi connectivity index (χ2n) is 8.45. The first kappa shape index (κ1) is 26.6. The van der Waals surface area contributed by atoms with E-state index in [1.54, 1.807) is 36.4 Å². The molecule has 1 aliphatic rings. The molecule has 1 saturated heterocycles. The molecule has 0 aromatic heterocycles. The van der Waals surface area contributed by atoms with Gasteiger partial charge in [0.25, 0.3) is 17.7 Å². The van der Waals surface area contributed by atoms with Crippen molar-refractivity contribution in [2.45, 2.75) is 16.0 Å². The molecule has 4 rings (SSSR count). The molecule has 1 heterocycles. The van der Waals surface area contributed by atoms with E-state index in [9.17, 15) is 14.4 Å². The molecular formula is C27H24Br3N3O3. The van der Waals surface area contributed by atoms with E-state index >= 15 is 0 Å². The largest absolute Gasteiger partial charge is 0.303 e. The van der Waals surface area contributed by atoms with Crippen molar-refractivity contribution in [3.63, 3.8) is 0 Å². The number of alkyl halides is 3. The van der Waals surface area contributed by atoms with Crippen LogP contribution in [0.1, 0.15) is 47.8 Å². The van der Waals surface area contributed by atoms with Crippen molar-refractivity contribution in [3.8, 4) is 0 Å². The summed E-state index contributed by atoms with van der Waals surface area (Å²) in [7, 11) is 0. The number of benzene rings is 3. The minimum absolute atomic E-state index is 0.0877. The van der Waals surface area contributed by atoms with Crippen molar-refractivity contribution in [1.29, 1.82) is 0 Å². The quantitative estimate of drug-likeness (QED) is 0.302. The van der Waals surface area contributed by atoms with Gasteiger partial charge in [0.15, 0.2) is 0 Å². The molecule has 0 radical (unpaired) electrons. The van der Waals surface area contributed by atoms with Crippen LogP contribution in [0.4, 0.5) is 0 Å². The van der Waals surface area contributed by atoms with Crippen molar-refractivity contribution >= 4 is 65.5 Å². The maximum Gasteiger partial charge on any atom is 0.256 e. The Bertz CT molecular complexity index is 1070. The molecule has 0 aliphatic carbocycles. The minimum Gasteiger partial charge on any atom is -0.303 e. The van der Waals surface area contributed by atoms with E-state index < -0.39 is 0 Å². The number of rotatable bonds is 6. The van der Waals surface area contributed by atoms with Crippen LogP contribution in [0.2, 0.25) is 0 Å². The van der Waals surface area contributed by atoms with E-state index in [1.165, 1.54) is 14.7 Å². The van der Waals surface area contributed by atoms with E-state index in [1.807, 2.05) is 36.4 Å². The zero-order valence-electron chi connectivity index (χ0n) is 19.4. The molecular weight excluding hydrogens is 654 g/mol. The van der Waals surface area contributed by atoms with Crippen LogP contribution in [0, 0.1) is 0 Å². The van der Waals surface area contributed by atoms with Crippen molar-refractivity contribution < 1.29 is 14.4 Å². The number of carbonyl (C=O) groups is 3. The fourth-order valence-corrected chi connectivity index (χ4v) is 5.02. The average Bonchev–Trinajstić information content (AvgIpc) is 2.95. The molecule has 0 atom stereocenters. The number of amides is 3. The van der Waals surface area contributed by atoms with Crippen molar-refractivity contribution in [2.75, 3.05) is 20.0 Å². The van der Waals surface area contributed by atoms with Gasteiger partial charge >= 0.3 is 0 Å². The van der Waals surface area contributed by atoms with Crippen LogP contribution < -0.4 is 0 Å². The van der Waals surface area contributed by atoms with Gasteiger partial charge in [0.05, 0.1) is 20.0 Å². The van der Waals surface area contributed by atoms with Gasteiger partial charge in [0.1, 0.15) is 0 Å². The van der Waals surface area contributed by atoms with Crippen LogP contribution in [0.5, 0.6) is 0 Å². The predicted molar refractivity (Wildman–Crippen MR) is 150 cm³/mol. The highest BCUT2D eigenvalue weighted by Crippen LogP contribution is 2.19. The molecule has 3 amide bonds. The summed E-state index contributed by atoms with van der Waals surface area (Å²) in [4.78, 5) is 44.8. The maximum atomic E-state index is 13.4. The lowest BCUT2D eigenvalue weighted by molar-refractivity contribution is -0.00612. The minimum atomic E-state index is -0.240. The standard InChI is InChI=1S/C27H24Br3N3O3/c28-13-19-1-7-22(8-2-19)25(34)31-16-32(26(35)23-9-3-20(14-29)4-10-23)18-33(17-31)27(36)24-11-5-21(15-30)6-12-24/h1-12H,13-18H2. The number of halogens is 3. The molecule has 0 saturated carbocycles. The molecule has 0 unspecified atom stereocenters. The normalized spacial score (nSPS) is 13.6. The van der Waals surface area contributed by atoms with E-state index in [0.717, 1.165) is 16.7 Å². The Morgan fingerprint density at radius 1 is 0.472 bits per heavy atom. The van der Waals surface area contributed by atoms with Gasteiger partial charge in [-0.25, -0.2) is 0 Å². The van der Waals surface area contributed by atoms with E-state index in [2.05, 4.69) is 47.8 Å². The Labute approximate surface area is 235 Å². The number of nitrogens with zero attached hydrogens (tertiary/aromatic N) is 3. The van der Waals surface area contributed by atoms with Gasteiger partial charge in [-0.1, -0.05) is 84.2 Å². The molecule has 1 aliphatic heterocycles. The second-order valence-corrected chi connectivity index (χ2v) is 10.1. The highest BCUT2D eigenvalue weighted by molar-refractivity contribution is 9.09. The van der Waals surface area contributed by atoms with Crippen LogP contribution in [-0.4, -0.2) is 52.4 Å². The molecule has 0 spiro atoms. The molecule has 186 valence electrons. The van der Waals surface area contributed by atoms with Gasteiger partial charge in [-0.15, -0.1) is 0 Å².